The lowest BCUT2D eigenvalue weighted by molar-refractivity contribution is -0.130. The molecular formula is C17H22N2O3S. The van der Waals surface area contributed by atoms with E-state index < -0.39 is 10.0 Å². The van der Waals surface area contributed by atoms with Crippen molar-refractivity contribution in [2.75, 3.05) is 26.9 Å². The largest absolute Gasteiger partial charge is 0.341 e. The predicted molar refractivity (Wildman–Crippen MR) is 92.5 cm³/mol. The molecular weight excluding hydrogens is 312 g/mol. The van der Waals surface area contributed by atoms with Crippen LogP contribution in [0.5, 0.6) is 0 Å². The Morgan fingerprint density at radius 3 is 2.35 bits per heavy atom. The fourth-order valence-corrected chi connectivity index (χ4v) is 3.16. The number of benzene rings is 2. The van der Waals surface area contributed by atoms with Gasteiger partial charge in [0, 0.05) is 34.1 Å². The van der Waals surface area contributed by atoms with Gasteiger partial charge in [-0.25, -0.2) is 12.7 Å². The summed E-state index contributed by atoms with van der Waals surface area (Å²) in [4.78, 5) is 13.8. The first-order valence-corrected chi connectivity index (χ1v) is 9.03. The van der Waals surface area contributed by atoms with Gasteiger partial charge < -0.3 is 4.90 Å². The highest BCUT2D eigenvalue weighted by atomic mass is 32.2. The summed E-state index contributed by atoms with van der Waals surface area (Å²) in [6.07, 6.45) is -0.0121. The van der Waals surface area contributed by atoms with Crippen molar-refractivity contribution >= 4 is 26.7 Å². The fraction of sp³-hybridized carbons (Fsp3) is 0.353. The molecule has 0 heterocycles. The van der Waals surface area contributed by atoms with Crippen LogP contribution < -0.4 is 0 Å². The van der Waals surface area contributed by atoms with E-state index in [-0.39, 0.29) is 18.1 Å². The molecule has 0 N–H and O–H groups in total. The molecule has 0 aromatic heterocycles. The lowest BCUT2D eigenvalue weighted by Crippen LogP contribution is -2.31. The van der Waals surface area contributed by atoms with Crippen LogP contribution >= 0.6 is 0 Å². The molecule has 2 aromatic carbocycles. The van der Waals surface area contributed by atoms with Crippen molar-refractivity contribution in [1.82, 2.24) is 9.21 Å². The molecule has 5 nitrogen and oxygen atoms in total. The standard InChI is InChI=1S/C17H22N2O3S/c1-18(2)23(21,22)12-11-17(20)19(3)13-15-9-6-8-14-7-4-5-10-16(14)15/h4-10H,11-13H2,1-3H3. The molecule has 0 fully saturated rings. The van der Waals surface area contributed by atoms with Gasteiger partial charge in [-0.3, -0.25) is 4.79 Å². The molecule has 0 aliphatic rings. The molecule has 2 rings (SSSR count). The predicted octanol–water partition coefficient (Wildman–Crippen LogP) is 2.08. The molecule has 0 spiro atoms. The minimum absolute atomic E-state index is 0.0121. The van der Waals surface area contributed by atoms with Crippen LogP contribution in [0, 0.1) is 0 Å². The first kappa shape index (κ1) is 17.4. The number of amides is 1. The van der Waals surface area contributed by atoms with Crippen molar-refractivity contribution < 1.29 is 13.2 Å². The maximum atomic E-state index is 12.2. The Morgan fingerprint density at radius 2 is 1.65 bits per heavy atom. The third-order valence-corrected chi connectivity index (χ3v) is 5.68. The maximum absolute atomic E-state index is 12.2. The van der Waals surface area contributed by atoms with Gasteiger partial charge in [0.15, 0.2) is 0 Å². The molecule has 0 saturated carbocycles. The van der Waals surface area contributed by atoms with Crippen molar-refractivity contribution in [3.63, 3.8) is 0 Å². The van der Waals surface area contributed by atoms with Crippen LogP contribution in [0.2, 0.25) is 0 Å². The van der Waals surface area contributed by atoms with E-state index in [1.165, 1.54) is 14.1 Å². The molecule has 0 aliphatic heterocycles. The number of hydrogen-bond acceptors (Lipinski definition) is 3. The minimum Gasteiger partial charge on any atom is -0.341 e. The van der Waals surface area contributed by atoms with Crippen LogP contribution in [0.1, 0.15) is 12.0 Å². The number of carbonyl (C=O) groups excluding carboxylic acids is 1. The van der Waals surface area contributed by atoms with Crippen LogP contribution in [0.15, 0.2) is 42.5 Å². The second-order valence-corrected chi connectivity index (χ2v) is 8.04. The van der Waals surface area contributed by atoms with Gasteiger partial charge in [-0.15, -0.1) is 0 Å². The van der Waals surface area contributed by atoms with E-state index in [0.717, 1.165) is 20.6 Å². The Morgan fingerprint density at radius 1 is 1.00 bits per heavy atom. The smallest absolute Gasteiger partial charge is 0.223 e. The zero-order chi connectivity index (χ0) is 17.0. The lowest BCUT2D eigenvalue weighted by Gasteiger charge is -2.19. The summed E-state index contributed by atoms with van der Waals surface area (Å²) in [7, 11) is 1.30. The van der Waals surface area contributed by atoms with Crippen LogP contribution in [0.25, 0.3) is 10.8 Å². The first-order valence-electron chi connectivity index (χ1n) is 7.42. The molecule has 0 unspecified atom stereocenters. The molecule has 6 heteroatoms. The third-order valence-electron chi connectivity index (χ3n) is 3.84. The highest BCUT2D eigenvalue weighted by Gasteiger charge is 2.18. The number of sulfonamides is 1. The van der Waals surface area contributed by atoms with E-state index in [1.54, 1.807) is 11.9 Å². The first-order chi connectivity index (χ1) is 10.8. The quantitative estimate of drug-likeness (QED) is 0.813. The fourth-order valence-electron chi connectivity index (χ4n) is 2.36. The average Bonchev–Trinajstić information content (AvgIpc) is 2.52. The summed E-state index contributed by atoms with van der Waals surface area (Å²) in [5.41, 5.74) is 1.05. The average molecular weight is 334 g/mol. The highest BCUT2D eigenvalue weighted by Crippen LogP contribution is 2.19. The van der Waals surface area contributed by atoms with Gasteiger partial charge in [-0.2, -0.15) is 0 Å². The molecule has 1 amide bonds. The second-order valence-electron chi connectivity index (χ2n) is 5.74. The lowest BCUT2D eigenvalue weighted by atomic mass is 10.0. The maximum Gasteiger partial charge on any atom is 0.223 e. The summed E-state index contributed by atoms with van der Waals surface area (Å²) >= 11 is 0. The Hall–Kier alpha value is -1.92. The summed E-state index contributed by atoms with van der Waals surface area (Å²) in [6.45, 7) is 0.461. The van der Waals surface area contributed by atoms with Crippen LogP contribution in [0.3, 0.4) is 0 Å². The van der Waals surface area contributed by atoms with Gasteiger partial charge in [0.1, 0.15) is 0 Å². The Bertz CT molecular complexity index is 795. The van der Waals surface area contributed by atoms with Gasteiger partial charge in [0.05, 0.1) is 5.75 Å². The number of hydrogen-bond donors (Lipinski definition) is 0. The summed E-state index contributed by atoms with van der Waals surface area (Å²) in [5, 5.41) is 2.23. The molecule has 0 bridgehead atoms. The Kier molecular flexibility index (Phi) is 5.38. The van der Waals surface area contributed by atoms with Crippen LogP contribution in [0.4, 0.5) is 0 Å². The van der Waals surface area contributed by atoms with Gasteiger partial charge in [0.2, 0.25) is 15.9 Å². The highest BCUT2D eigenvalue weighted by molar-refractivity contribution is 7.89. The summed E-state index contributed by atoms with van der Waals surface area (Å²) in [5.74, 6) is -0.345. The molecule has 0 aliphatic carbocycles. The van der Waals surface area contributed by atoms with Crippen molar-refractivity contribution in [2.45, 2.75) is 13.0 Å². The third kappa shape index (κ3) is 4.30. The number of rotatable bonds is 6. The van der Waals surface area contributed by atoms with Crippen molar-refractivity contribution in [1.29, 1.82) is 0 Å². The van der Waals surface area contributed by atoms with Gasteiger partial charge in [-0.1, -0.05) is 42.5 Å². The van der Waals surface area contributed by atoms with E-state index in [1.807, 2.05) is 42.5 Å². The van der Waals surface area contributed by atoms with Gasteiger partial charge in [0.25, 0.3) is 0 Å². The SMILES string of the molecule is CN(Cc1cccc2ccccc12)C(=O)CCS(=O)(=O)N(C)C. The Labute approximate surface area is 137 Å². The van der Waals surface area contributed by atoms with E-state index in [0.29, 0.717) is 6.54 Å². The van der Waals surface area contributed by atoms with Gasteiger partial charge in [-0.05, 0) is 16.3 Å². The van der Waals surface area contributed by atoms with E-state index in [9.17, 15) is 13.2 Å². The molecule has 124 valence electrons. The van der Waals surface area contributed by atoms with Gasteiger partial charge >= 0.3 is 0 Å². The Balaban J connectivity index is 2.06. The second kappa shape index (κ2) is 7.10. The molecule has 2 aromatic rings. The number of carbonyl (C=O) groups is 1. The normalized spacial score (nSPS) is 11.8. The van der Waals surface area contributed by atoms with E-state index in [2.05, 4.69) is 0 Å². The van der Waals surface area contributed by atoms with Crippen LogP contribution in [-0.4, -0.2) is 50.4 Å². The topological polar surface area (TPSA) is 57.7 Å². The molecule has 0 radical (unpaired) electrons. The minimum atomic E-state index is -3.35. The van der Waals surface area contributed by atoms with Crippen molar-refractivity contribution in [3.05, 3.63) is 48.0 Å². The summed E-state index contributed by atoms with van der Waals surface area (Å²) in [6, 6.07) is 14.0. The van der Waals surface area contributed by atoms with E-state index >= 15 is 0 Å². The van der Waals surface area contributed by atoms with Crippen molar-refractivity contribution in [3.8, 4) is 0 Å². The molecule has 23 heavy (non-hydrogen) atoms. The summed E-state index contributed by atoms with van der Waals surface area (Å²) < 4.78 is 24.6. The molecule has 0 saturated heterocycles. The number of nitrogens with zero attached hydrogens (tertiary/aromatic N) is 2. The monoisotopic (exact) mass is 334 g/mol. The number of fused-ring (bicyclic) bond motifs is 1. The van der Waals surface area contributed by atoms with E-state index in [4.69, 9.17) is 0 Å². The van der Waals surface area contributed by atoms with Crippen LogP contribution in [-0.2, 0) is 21.4 Å². The zero-order valence-electron chi connectivity index (χ0n) is 13.7. The van der Waals surface area contributed by atoms with Crippen molar-refractivity contribution in [2.24, 2.45) is 0 Å². The zero-order valence-corrected chi connectivity index (χ0v) is 14.5. The molecule has 0 atom stereocenters.